The van der Waals surface area contributed by atoms with Gasteiger partial charge in [0, 0.05) is 37.1 Å². The van der Waals surface area contributed by atoms with Crippen LogP contribution in [0.25, 0.3) is 0 Å². The first-order chi connectivity index (χ1) is 13.1. The highest BCUT2D eigenvalue weighted by Gasteiger charge is 2.02. The highest BCUT2D eigenvalue weighted by molar-refractivity contribution is 7.11. The fraction of sp³-hybridized carbons (Fsp3) is 0.421. The Morgan fingerprint density at radius 2 is 2.04 bits per heavy atom. The van der Waals surface area contributed by atoms with Crippen LogP contribution in [0.5, 0.6) is 5.75 Å². The minimum absolute atomic E-state index is 0.107. The van der Waals surface area contributed by atoms with Gasteiger partial charge in [0.25, 0.3) is 5.91 Å². The van der Waals surface area contributed by atoms with Crippen LogP contribution in [0.4, 0.5) is 0 Å². The minimum Gasteiger partial charge on any atom is -0.484 e. The molecule has 0 atom stereocenters. The Kier molecular flexibility index (Phi) is 8.57. The van der Waals surface area contributed by atoms with Crippen LogP contribution in [0.15, 0.2) is 35.5 Å². The van der Waals surface area contributed by atoms with E-state index in [1.54, 1.807) is 11.3 Å². The van der Waals surface area contributed by atoms with Crippen molar-refractivity contribution in [3.8, 4) is 5.75 Å². The van der Waals surface area contributed by atoms with Crippen molar-refractivity contribution in [3.05, 3.63) is 45.9 Å². The zero-order valence-corrected chi connectivity index (χ0v) is 16.6. The third-order valence-electron chi connectivity index (χ3n) is 3.62. The lowest BCUT2D eigenvalue weighted by molar-refractivity contribution is -0.119. The molecule has 1 aromatic heterocycles. The first-order valence-electron chi connectivity index (χ1n) is 9.00. The lowest BCUT2D eigenvalue weighted by Crippen LogP contribution is -2.38. The molecule has 146 valence electrons. The van der Waals surface area contributed by atoms with Crippen LogP contribution in [0.2, 0.25) is 0 Å². The van der Waals surface area contributed by atoms with Gasteiger partial charge in [-0.1, -0.05) is 12.1 Å². The molecule has 7 nitrogen and oxygen atoms in total. The number of carbonyl (C=O) groups excluding carboxylic acids is 1. The van der Waals surface area contributed by atoms with Crippen LogP contribution in [0, 0.1) is 6.92 Å². The average molecular weight is 390 g/mol. The van der Waals surface area contributed by atoms with E-state index in [0.29, 0.717) is 12.3 Å². The lowest BCUT2D eigenvalue weighted by Gasteiger charge is -2.11. The van der Waals surface area contributed by atoms with Crippen LogP contribution < -0.4 is 21.1 Å². The predicted octanol–water partition coefficient (Wildman–Crippen LogP) is 1.66. The topological polar surface area (TPSA) is 102 Å². The van der Waals surface area contributed by atoms with Crippen molar-refractivity contribution in [1.82, 2.24) is 15.6 Å². The number of aryl methyl sites for hydroxylation is 1. The number of aliphatic imine (C=N–C) groups is 1. The quantitative estimate of drug-likeness (QED) is 0.424. The summed E-state index contributed by atoms with van der Waals surface area (Å²) in [6.45, 7) is 6.29. The summed E-state index contributed by atoms with van der Waals surface area (Å²) in [6, 6.07) is 7.64. The van der Waals surface area contributed by atoms with Gasteiger partial charge < -0.3 is 21.1 Å². The van der Waals surface area contributed by atoms with Crippen molar-refractivity contribution in [2.24, 2.45) is 10.7 Å². The van der Waals surface area contributed by atoms with E-state index in [-0.39, 0.29) is 6.61 Å². The van der Waals surface area contributed by atoms with E-state index in [9.17, 15) is 4.79 Å². The Morgan fingerprint density at radius 1 is 1.26 bits per heavy atom. The van der Waals surface area contributed by atoms with Gasteiger partial charge in [-0.2, -0.15) is 0 Å². The van der Waals surface area contributed by atoms with Gasteiger partial charge in [0.05, 0.1) is 5.01 Å². The maximum atomic E-state index is 10.7. The van der Waals surface area contributed by atoms with Crippen LogP contribution in [-0.4, -0.2) is 43.1 Å². The minimum atomic E-state index is -0.483. The lowest BCUT2D eigenvalue weighted by atomic mass is 10.1. The van der Waals surface area contributed by atoms with Crippen molar-refractivity contribution < 1.29 is 9.53 Å². The van der Waals surface area contributed by atoms with Crippen LogP contribution >= 0.6 is 11.3 Å². The van der Waals surface area contributed by atoms with Crippen molar-refractivity contribution in [2.75, 3.05) is 26.2 Å². The van der Waals surface area contributed by atoms with Gasteiger partial charge in [-0.05, 0) is 38.0 Å². The molecule has 4 N–H and O–H groups in total. The number of nitrogens with zero attached hydrogens (tertiary/aromatic N) is 2. The number of carbonyl (C=O) groups is 1. The molecule has 1 aromatic carbocycles. The Morgan fingerprint density at radius 3 is 2.67 bits per heavy atom. The van der Waals surface area contributed by atoms with E-state index in [1.165, 1.54) is 10.4 Å². The summed E-state index contributed by atoms with van der Waals surface area (Å²) in [5.41, 5.74) is 6.23. The summed E-state index contributed by atoms with van der Waals surface area (Å²) in [6.07, 6.45) is 3.60. The fourth-order valence-electron chi connectivity index (χ4n) is 2.35. The highest BCUT2D eigenvalue weighted by atomic mass is 32.1. The molecule has 0 spiro atoms. The SMILES string of the molecule is CCNC(=NCCc1ncc(C)s1)NCCc1ccc(OCC(N)=O)cc1. The van der Waals surface area contributed by atoms with Crippen molar-refractivity contribution in [2.45, 2.75) is 26.7 Å². The summed E-state index contributed by atoms with van der Waals surface area (Å²) < 4.78 is 5.26. The molecule has 1 amide bonds. The molecule has 0 saturated carbocycles. The molecule has 27 heavy (non-hydrogen) atoms. The van der Waals surface area contributed by atoms with Crippen LogP contribution in [-0.2, 0) is 17.6 Å². The Balaban J connectivity index is 1.76. The Hall–Kier alpha value is -2.61. The molecular formula is C19H27N5O2S. The fourth-order valence-corrected chi connectivity index (χ4v) is 3.13. The third kappa shape index (κ3) is 8.08. The summed E-state index contributed by atoms with van der Waals surface area (Å²) in [5.74, 6) is 0.966. The number of benzene rings is 1. The monoisotopic (exact) mass is 389 g/mol. The summed E-state index contributed by atoms with van der Waals surface area (Å²) >= 11 is 1.72. The smallest absolute Gasteiger partial charge is 0.255 e. The number of primary amides is 1. The van der Waals surface area contributed by atoms with Crippen LogP contribution in [0.3, 0.4) is 0 Å². The first kappa shape index (κ1) is 20.7. The average Bonchev–Trinajstić information content (AvgIpc) is 3.06. The molecule has 0 unspecified atom stereocenters. The first-order valence-corrected chi connectivity index (χ1v) is 9.82. The molecule has 0 saturated heterocycles. The van der Waals surface area contributed by atoms with Gasteiger partial charge in [-0.15, -0.1) is 11.3 Å². The van der Waals surface area contributed by atoms with E-state index in [4.69, 9.17) is 10.5 Å². The molecule has 0 radical (unpaired) electrons. The maximum absolute atomic E-state index is 10.7. The number of nitrogens with two attached hydrogens (primary N) is 1. The number of hydrogen-bond donors (Lipinski definition) is 3. The Bertz CT molecular complexity index is 743. The number of hydrogen-bond acceptors (Lipinski definition) is 5. The van der Waals surface area contributed by atoms with Crippen molar-refractivity contribution in [1.29, 1.82) is 0 Å². The van der Waals surface area contributed by atoms with Gasteiger partial charge in [-0.25, -0.2) is 4.98 Å². The molecule has 2 rings (SSSR count). The van der Waals surface area contributed by atoms with E-state index in [0.717, 1.165) is 36.9 Å². The summed E-state index contributed by atoms with van der Waals surface area (Å²) in [4.78, 5) is 20.9. The van der Waals surface area contributed by atoms with Gasteiger partial charge in [-0.3, -0.25) is 9.79 Å². The van der Waals surface area contributed by atoms with E-state index in [1.807, 2.05) is 37.4 Å². The zero-order valence-electron chi connectivity index (χ0n) is 15.8. The maximum Gasteiger partial charge on any atom is 0.255 e. The largest absolute Gasteiger partial charge is 0.484 e. The molecule has 0 aliphatic rings. The summed E-state index contributed by atoms with van der Waals surface area (Å²) in [5, 5.41) is 7.72. The number of ether oxygens (including phenoxy) is 1. The second-order valence-electron chi connectivity index (χ2n) is 5.95. The number of rotatable bonds is 10. The molecule has 0 aliphatic carbocycles. The number of guanidine groups is 1. The number of aromatic nitrogens is 1. The van der Waals surface area contributed by atoms with Crippen molar-refractivity contribution in [3.63, 3.8) is 0 Å². The van der Waals surface area contributed by atoms with Gasteiger partial charge >= 0.3 is 0 Å². The predicted molar refractivity (Wildman–Crippen MR) is 109 cm³/mol. The van der Waals surface area contributed by atoms with Gasteiger partial charge in [0.1, 0.15) is 5.75 Å². The highest BCUT2D eigenvalue weighted by Crippen LogP contribution is 2.12. The molecule has 2 aromatic rings. The van der Waals surface area contributed by atoms with E-state index in [2.05, 4.69) is 27.5 Å². The summed E-state index contributed by atoms with van der Waals surface area (Å²) in [7, 11) is 0. The molecule has 0 fully saturated rings. The number of amides is 1. The molecular weight excluding hydrogens is 362 g/mol. The number of nitrogens with one attached hydrogen (secondary N) is 2. The van der Waals surface area contributed by atoms with Gasteiger partial charge in [0.15, 0.2) is 12.6 Å². The van der Waals surface area contributed by atoms with Crippen LogP contribution in [0.1, 0.15) is 22.4 Å². The van der Waals surface area contributed by atoms with Crippen molar-refractivity contribution >= 4 is 23.2 Å². The standard InChI is InChI=1S/C19H27N5O2S/c1-3-21-19(23-11-9-18-24-12-14(2)27-18)22-10-8-15-4-6-16(7-5-15)26-13-17(20)25/h4-7,12H,3,8-11,13H2,1-2H3,(H2,20,25)(H2,21,22,23). The molecule has 0 bridgehead atoms. The Labute approximate surface area is 164 Å². The second kappa shape index (κ2) is 11.2. The molecule has 1 heterocycles. The third-order valence-corrected chi connectivity index (χ3v) is 4.59. The van der Waals surface area contributed by atoms with E-state index >= 15 is 0 Å². The molecule has 8 heteroatoms. The van der Waals surface area contributed by atoms with Gasteiger partial charge in [0.2, 0.25) is 0 Å². The number of thiazole rings is 1. The van der Waals surface area contributed by atoms with E-state index < -0.39 is 5.91 Å². The second-order valence-corrected chi connectivity index (χ2v) is 7.27. The zero-order chi connectivity index (χ0) is 19.5. The molecule has 0 aliphatic heterocycles. The normalized spacial score (nSPS) is 11.3.